The van der Waals surface area contributed by atoms with Crippen LogP contribution < -0.4 is 10.1 Å². The first kappa shape index (κ1) is 19.9. The highest BCUT2D eigenvalue weighted by Gasteiger charge is 2.24. The zero-order valence-electron chi connectivity index (χ0n) is 16.9. The lowest BCUT2D eigenvalue weighted by molar-refractivity contribution is -0.117. The molecular weight excluding hydrogens is 358 g/mol. The Labute approximate surface area is 165 Å². The van der Waals surface area contributed by atoms with Gasteiger partial charge in [-0.2, -0.15) is 5.10 Å². The number of methoxy groups -OCH3 is 1. The van der Waals surface area contributed by atoms with E-state index in [-0.39, 0.29) is 11.8 Å². The van der Waals surface area contributed by atoms with Crippen LogP contribution in [0.5, 0.6) is 5.75 Å². The number of amides is 2. The summed E-state index contributed by atoms with van der Waals surface area (Å²) in [6.07, 6.45) is 0. The maximum Gasteiger partial charge on any atom is 0.254 e. The van der Waals surface area contributed by atoms with Crippen LogP contribution in [0.25, 0.3) is 0 Å². The lowest BCUT2D eigenvalue weighted by atomic mass is 10.1. The molecule has 1 N–H and O–H groups in total. The Morgan fingerprint density at radius 3 is 2.50 bits per heavy atom. The molecule has 3 rings (SSSR count). The van der Waals surface area contributed by atoms with E-state index in [4.69, 9.17) is 4.74 Å². The van der Waals surface area contributed by atoms with Gasteiger partial charge in [0.05, 0.1) is 30.7 Å². The van der Waals surface area contributed by atoms with Gasteiger partial charge in [0.25, 0.3) is 5.91 Å². The highest BCUT2D eigenvalue weighted by atomic mass is 16.5. The van der Waals surface area contributed by atoms with E-state index in [1.807, 2.05) is 37.9 Å². The molecule has 0 spiro atoms. The van der Waals surface area contributed by atoms with Gasteiger partial charge in [-0.05, 0) is 32.0 Å². The Hall–Kier alpha value is -2.87. The first-order valence-corrected chi connectivity index (χ1v) is 9.34. The summed E-state index contributed by atoms with van der Waals surface area (Å²) in [5, 5.41) is 7.28. The van der Waals surface area contributed by atoms with Gasteiger partial charge in [0.2, 0.25) is 5.91 Å². The van der Waals surface area contributed by atoms with Gasteiger partial charge in [-0.25, -0.2) is 0 Å². The molecule has 0 bridgehead atoms. The average molecular weight is 385 g/mol. The van der Waals surface area contributed by atoms with Gasteiger partial charge in [0.1, 0.15) is 5.75 Å². The Morgan fingerprint density at radius 1 is 1.18 bits per heavy atom. The van der Waals surface area contributed by atoms with Crippen molar-refractivity contribution in [3.8, 4) is 5.75 Å². The summed E-state index contributed by atoms with van der Waals surface area (Å²) in [4.78, 5) is 29.0. The fraction of sp³-hybridized carbons (Fsp3) is 0.450. The van der Waals surface area contributed by atoms with E-state index in [1.54, 1.807) is 23.9 Å². The fourth-order valence-electron chi connectivity index (χ4n) is 3.38. The van der Waals surface area contributed by atoms with Crippen LogP contribution in [0, 0.1) is 13.8 Å². The van der Waals surface area contributed by atoms with Crippen molar-refractivity contribution in [1.29, 1.82) is 0 Å². The summed E-state index contributed by atoms with van der Waals surface area (Å²) < 4.78 is 6.95. The number of piperazine rings is 1. The van der Waals surface area contributed by atoms with Crippen molar-refractivity contribution < 1.29 is 14.3 Å². The first-order chi connectivity index (χ1) is 13.4. The highest BCUT2D eigenvalue weighted by Crippen LogP contribution is 2.19. The largest absolute Gasteiger partial charge is 0.497 e. The van der Waals surface area contributed by atoms with Crippen LogP contribution in [0.1, 0.15) is 21.7 Å². The van der Waals surface area contributed by atoms with Crippen LogP contribution in [-0.2, 0) is 11.8 Å². The van der Waals surface area contributed by atoms with Gasteiger partial charge in [0, 0.05) is 38.8 Å². The monoisotopic (exact) mass is 385 g/mol. The molecular formula is C20H27N5O3. The minimum atomic E-state index is -0.0632. The van der Waals surface area contributed by atoms with Crippen molar-refractivity contribution in [3.05, 3.63) is 41.2 Å². The number of hydrogen-bond acceptors (Lipinski definition) is 5. The molecule has 8 heteroatoms. The number of ether oxygens (including phenoxy) is 1. The van der Waals surface area contributed by atoms with Gasteiger partial charge in [-0.3, -0.25) is 19.2 Å². The predicted octanol–water partition coefficient (Wildman–Crippen LogP) is 1.44. The molecule has 8 nitrogen and oxygen atoms in total. The van der Waals surface area contributed by atoms with Gasteiger partial charge in [0.15, 0.2) is 0 Å². The van der Waals surface area contributed by atoms with Crippen molar-refractivity contribution in [1.82, 2.24) is 19.6 Å². The maximum absolute atomic E-state index is 12.7. The molecule has 1 saturated heterocycles. The minimum absolute atomic E-state index is 0.00962. The molecule has 1 aliphatic rings. The summed E-state index contributed by atoms with van der Waals surface area (Å²) in [6, 6.07) is 7.18. The summed E-state index contributed by atoms with van der Waals surface area (Å²) >= 11 is 0. The number of nitrogens with zero attached hydrogens (tertiary/aromatic N) is 4. The predicted molar refractivity (Wildman–Crippen MR) is 107 cm³/mol. The number of carbonyl (C=O) groups excluding carboxylic acids is 2. The second kappa shape index (κ2) is 8.43. The highest BCUT2D eigenvalue weighted by molar-refractivity contribution is 5.95. The van der Waals surface area contributed by atoms with Crippen LogP contribution in [0.4, 0.5) is 5.69 Å². The van der Waals surface area contributed by atoms with E-state index in [9.17, 15) is 9.59 Å². The van der Waals surface area contributed by atoms with Crippen LogP contribution in [0.3, 0.4) is 0 Å². The van der Waals surface area contributed by atoms with Crippen molar-refractivity contribution in [2.24, 2.45) is 7.05 Å². The number of anilines is 1. The third-order valence-corrected chi connectivity index (χ3v) is 5.12. The van der Waals surface area contributed by atoms with Gasteiger partial charge >= 0.3 is 0 Å². The number of aryl methyl sites for hydroxylation is 2. The number of aromatic nitrogens is 2. The molecule has 0 atom stereocenters. The summed E-state index contributed by atoms with van der Waals surface area (Å²) in [6.45, 7) is 6.61. The number of rotatable bonds is 5. The lowest BCUT2D eigenvalue weighted by Gasteiger charge is -2.34. The molecule has 1 aromatic carbocycles. The zero-order valence-corrected chi connectivity index (χ0v) is 16.9. The molecule has 150 valence electrons. The molecule has 0 radical (unpaired) electrons. The third-order valence-electron chi connectivity index (χ3n) is 5.12. The molecule has 2 aromatic rings. The van der Waals surface area contributed by atoms with Crippen molar-refractivity contribution >= 4 is 17.5 Å². The molecule has 28 heavy (non-hydrogen) atoms. The Balaban J connectivity index is 1.52. The van der Waals surface area contributed by atoms with Crippen LogP contribution in [0.15, 0.2) is 24.3 Å². The Kier molecular flexibility index (Phi) is 5.99. The minimum Gasteiger partial charge on any atom is -0.497 e. The number of nitrogens with one attached hydrogen (secondary N) is 1. The Bertz CT molecular complexity index is 869. The van der Waals surface area contributed by atoms with Crippen LogP contribution in [0.2, 0.25) is 0 Å². The average Bonchev–Trinajstić information content (AvgIpc) is 2.94. The van der Waals surface area contributed by atoms with E-state index in [1.165, 1.54) is 0 Å². The van der Waals surface area contributed by atoms with Crippen LogP contribution in [-0.4, -0.2) is 71.2 Å². The molecule has 1 aromatic heterocycles. The topological polar surface area (TPSA) is 79.7 Å². The fourth-order valence-corrected chi connectivity index (χ4v) is 3.38. The smallest absolute Gasteiger partial charge is 0.254 e. The molecule has 1 fully saturated rings. The normalized spacial score (nSPS) is 14.8. The third kappa shape index (κ3) is 4.33. The van der Waals surface area contributed by atoms with E-state index in [0.29, 0.717) is 44.0 Å². The van der Waals surface area contributed by atoms with E-state index in [0.717, 1.165) is 17.1 Å². The SMILES string of the molecule is COc1cccc(C(=O)N2CCN(CC(=O)Nc3c(C)nn(C)c3C)CC2)c1. The van der Waals surface area contributed by atoms with Crippen molar-refractivity contribution in [3.63, 3.8) is 0 Å². The van der Waals surface area contributed by atoms with E-state index >= 15 is 0 Å². The lowest BCUT2D eigenvalue weighted by Crippen LogP contribution is -2.50. The molecule has 0 unspecified atom stereocenters. The summed E-state index contributed by atoms with van der Waals surface area (Å²) in [5.41, 5.74) is 3.13. The summed E-state index contributed by atoms with van der Waals surface area (Å²) in [7, 11) is 3.44. The molecule has 0 aliphatic carbocycles. The number of benzene rings is 1. The molecule has 0 saturated carbocycles. The summed E-state index contributed by atoms with van der Waals surface area (Å²) in [5.74, 6) is 0.596. The van der Waals surface area contributed by atoms with Crippen LogP contribution >= 0.6 is 0 Å². The molecule has 1 aliphatic heterocycles. The molecule has 2 amide bonds. The zero-order chi connectivity index (χ0) is 20.3. The van der Waals surface area contributed by atoms with Gasteiger partial charge in [-0.1, -0.05) is 6.07 Å². The van der Waals surface area contributed by atoms with Gasteiger partial charge in [-0.15, -0.1) is 0 Å². The van der Waals surface area contributed by atoms with Gasteiger partial charge < -0.3 is 15.0 Å². The second-order valence-electron chi connectivity index (χ2n) is 7.02. The van der Waals surface area contributed by atoms with E-state index < -0.39 is 0 Å². The number of hydrogen-bond donors (Lipinski definition) is 1. The first-order valence-electron chi connectivity index (χ1n) is 9.34. The van der Waals surface area contributed by atoms with E-state index in [2.05, 4.69) is 15.3 Å². The number of carbonyl (C=O) groups is 2. The molecule has 2 heterocycles. The maximum atomic E-state index is 12.7. The van der Waals surface area contributed by atoms with Crippen molar-refractivity contribution in [2.75, 3.05) is 45.2 Å². The standard InChI is InChI=1S/C20H27N5O3/c1-14-19(15(2)23(3)22-14)21-18(26)13-24-8-10-25(11-9-24)20(27)16-6-5-7-17(12-16)28-4/h5-7,12H,8-11,13H2,1-4H3,(H,21,26). The Morgan fingerprint density at radius 2 is 1.89 bits per heavy atom. The quantitative estimate of drug-likeness (QED) is 0.843. The second-order valence-corrected chi connectivity index (χ2v) is 7.02. The van der Waals surface area contributed by atoms with Crippen molar-refractivity contribution in [2.45, 2.75) is 13.8 Å².